The van der Waals surface area contributed by atoms with Crippen LogP contribution < -0.4 is 10.0 Å². The molecule has 0 aliphatic rings. The van der Waals surface area contributed by atoms with E-state index < -0.39 is 16.5 Å². The molecule has 0 bridgehead atoms. The molecule has 0 radical (unpaired) electrons. The van der Waals surface area contributed by atoms with Gasteiger partial charge in [-0.25, -0.2) is 13.3 Å². The van der Waals surface area contributed by atoms with Crippen LogP contribution in [-0.4, -0.2) is 21.4 Å². The maximum Gasteiger partial charge on any atom is 0.246 e. The van der Waals surface area contributed by atoms with E-state index in [0.29, 0.717) is 16.1 Å². The maximum atomic E-state index is 13.4. The van der Waals surface area contributed by atoms with Crippen LogP contribution in [0, 0.1) is 31.0 Å². The number of hydrogen-bond acceptors (Lipinski definition) is 4. The number of anilines is 1. The minimum absolute atomic E-state index is 0.247. The number of halogens is 1. The molecule has 3 rings (SSSR count). The van der Waals surface area contributed by atoms with E-state index in [9.17, 15) is 13.4 Å². The molecule has 33 heavy (non-hydrogen) atoms. The van der Waals surface area contributed by atoms with Crippen LogP contribution in [0.25, 0.3) is 0 Å². The van der Waals surface area contributed by atoms with Gasteiger partial charge < -0.3 is 5.32 Å². The van der Waals surface area contributed by atoms with E-state index >= 15 is 0 Å². The fourth-order valence-corrected chi connectivity index (χ4v) is 5.11. The van der Waals surface area contributed by atoms with Crippen molar-refractivity contribution >= 4 is 34.3 Å². The smallest absolute Gasteiger partial charge is 0.246 e. The van der Waals surface area contributed by atoms with Crippen molar-refractivity contribution < 1.29 is 13.4 Å². The minimum Gasteiger partial charge on any atom is -0.324 e. The molecule has 0 aromatic heterocycles. The zero-order chi connectivity index (χ0) is 24.0. The second-order valence-electron chi connectivity index (χ2n) is 7.85. The van der Waals surface area contributed by atoms with E-state index in [1.54, 1.807) is 56.3 Å². The summed E-state index contributed by atoms with van der Waals surface area (Å²) in [6.45, 7) is 5.42. The summed E-state index contributed by atoms with van der Waals surface area (Å²) >= 11 is 1.36. The highest BCUT2D eigenvalue weighted by molar-refractivity contribution is 7.99. The predicted octanol–water partition coefficient (Wildman–Crippen LogP) is 5.12. The zero-order valence-electron chi connectivity index (χ0n) is 18.5. The lowest BCUT2D eigenvalue weighted by molar-refractivity contribution is -0.120. The Hall–Kier alpha value is -2.99. The lowest BCUT2D eigenvalue weighted by atomic mass is 10.0. The van der Waals surface area contributed by atoms with E-state index in [-0.39, 0.29) is 17.5 Å². The quantitative estimate of drug-likeness (QED) is 0.438. The second kappa shape index (κ2) is 10.8. The highest BCUT2D eigenvalue weighted by Crippen LogP contribution is 2.26. The SMILES string of the molecule is Cc1ccc(S(=O)N[C@](C)(CSc2ccc(F)cc2)C(=O)Nc2ccc(C#N)c(C)c2)cc1. The highest BCUT2D eigenvalue weighted by atomic mass is 32.2. The summed E-state index contributed by atoms with van der Waals surface area (Å²) in [6, 6.07) is 20.4. The molecule has 8 heteroatoms. The first-order chi connectivity index (χ1) is 15.7. The molecule has 2 atom stereocenters. The molecule has 3 aromatic carbocycles. The van der Waals surface area contributed by atoms with Crippen molar-refractivity contribution in [2.24, 2.45) is 0 Å². The van der Waals surface area contributed by atoms with E-state index in [2.05, 4.69) is 16.1 Å². The van der Waals surface area contributed by atoms with Crippen LogP contribution in [0.3, 0.4) is 0 Å². The summed E-state index contributed by atoms with van der Waals surface area (Å²) in [6.07, 6.45) is 0. The maximum absolute atomic E-state index is 13.4. The van der Waals surface area contributed by atoms with Gasteiger partial charge in [-0.3, -0.25) is 4.79 Å². The van der Waals surface area contributed by atoms with Crippen LogP contribution in [0.5, 0.6) is 0 Å². The molecule has 0 spiro atoms. The third kappa shape index (κ3) is 6.51. The molecule has 3 aromatic rings. The van der Waals surface area contributed by atoms with Crippen molar-refractivity contribution in [3.63, 3.8) is 0 Å². The van der Waals surface area contributed by atoms with Crippen LogP contribution in [0.2, 0.25) is 0 Å². The second-order valence-corrected chi connectivity index (χ2v) is 10.1. The van der Waals surface area contributed by atoms with Crippen LogP contribution in [0.1, 0.15) is 23.6 Å². The zero-order valence-corrected chi connectivity index (χ0v) is 20.1. The monoisotopic (exact) mass is 481 g/mol. The van der Waals surface area contributed by atoms with Crippen molar-refractivity contribution in [2.75, 3.05) is 11.1 Å². The summed E-state index contributed by atoms with van der Waals surface area (Å²) < 4.78 is 29.3. The summed E-state index contributed by atoms with van der Waals surface area (Å²) in [5.41, 5.74) is 1.63. The number of nitriles is 1. The number of nitrogens with one attached hydrogen (secondary N) is 2. The number of benzene rings is 3. The first-order valence-electron chi connectivity index (χ1n) is 10.2. The van der Waals surface area contributed by atoms with Gasteiger partial charge in [0.05, 0.1) is 16.5 Å². The van der Waals surface area contributed by atoms with Crippen LogP contribution in [0.15, 0.2) is 76.5 Å². The molecule has 2 N–H and O–H groups in total. The highest BCUT2D eigenvalue weighted by Gasteiger charge is 2.35. The van der Waals surface area contributed by atoms with E-state index in [0.717, 1.165) is 16.0 Å². The van der Waals surface area contributed by atoms with Gasteiger partial charge >= 0.3 is 0 Å². The predicted molar refractivity (Wildman–Crippen MR) is 131 cm³/mol. The number of thioether (sulfide) groups is 1. The molecule has 0 saturated heterocycles. The van der Waals surface area contributed by atoms with E-state index in [1.165, 1.54) is 23.9 Å². The Bertz CT molecular complexity index is 1210. The van der Waals surface area contributed by atoms with Crippen molar-refractivity contribution in [3.05, 3.63) is 89.2 Å². The van der Waals surface area contributed by atoms with Gasteiger partial charge in [0.2, 0.25) is 5.91 Å². The fraction of sp³-hybridized carbons (Fsp3) is 0.200. The molecule has 0 heterocycles. The van der Waals surface area contributed by atoms with Crippen molar-refractivity contribution in [2.45, 2.75) is 36.1 Å². The molecule has 1 unspecified atom stereocenters. The number of nitrogens with zero attached hydrogens (tertiary/aromatic N) is 1. The van der Waals surface area contributed by atoms with Gasteiger partial charge in [-0.05, 0) is 80.9 Å². The molecule has 0 fully saturated rings. The number of hydrogen-bond donors (Lipinski definition) is 2. The lowest BCUT2D eigenvalue weighted by Gasteiger charge is -2.29. The molecular weight excluding hydrogens is 457 g/mol. The Morgan fingerprint density at radius 3 is 2.36 bits per heavy atom. The third-order valence-electron chi connectivity index (χ3n) is 5.00. The number of carbonyl (C=O) groups is 1. The Kier molecular flexibility index (Phi) is 8.03. The fourth-order valence-electron chi connectivity index (χ4n) is 2.96. The molecule has 0 aliphatic carbocycles. The summed E-state index contributed by atoms with van der Waals surface area (Å²) in [4.78, 5) is 14.7. The Morgan fingerprint density at radius 1 is 1.09 bits per heavy atom. The van der Waals surface area contributed by atoms with Crippen LogP contribution >= 0.6 is 11.8 Å². The standard InChI is InChI=1S/C25H24FN3O2S2/c1-17-4-12-23(13-5-17)33(31)29-25(3,16-32-22-10-7-20(26)8-11-22)24(30)28-21-9-6-19(15-27)18(2)14-21/h4-14,29H,16H2,1-3H3,(H,28,30)/t25-,33?/m1/s1. The van der Waals surface area contributed by atoms with E-state index in [4.69, 9.17) is 5.26 Å². The molecule has 1 amide bonds. The normalized spacial score (nSPS) is 13.5. The number of carbonyl (C=O) groups excluding carboxylic acids is 1. The number of amides is 1. The largest absolute Gasteiger partial charge is 0.324 e. The van der Waals surface area contributed by atoms with Crippen molar-refractivity contribution in [1.29, 1.82) is 5.26 Å². The first kappa shape index (κ1) is 24.6. The molecule has 0 saturated carbocycles. The van der Waals surface area contributed by atoms with Gasteiger partial charge in [0.25, 0.3) is 0 Å². The average Bonchev–Trinajstić information content (AvgIpc) is 2.79. The Balaban J connectivity index is 1.84. The summed E-state index contributed by atoms with van der Waals surface area (Å²) in [5, 5.41) is 12.0. The Labute approximate surface area is 200 Å². The Morgan fingerprint density at radius 2 is 1.76 bits per heavy atom. The molecule has 170 valence electrons. The topological polar surface area (TPSA) is 82.0 Å². The van der Waals surface area contributed by atoms with Gasteiger partial charge in [0, 0.05) is 16.3 Å². The first-order valence-corrected chi connectivity index (χ1v) is 12.3. The van der Waals surface area contributed by atoms with Gasteiger partial charge in [0.15, 0.2) is 0 Å². The van der Waals surface area contributed by atoms with Gasteiger partial charge in [0.1, 0.15) is 22.3 Å². The number of rotatable bonds is 8. The van der Waals surface area contributed by atoms with Gasteiger partial charge in [-0.15, -0.1) is 11.8 Å². The van der Waals surface area contributed by atoms with Crippen LogP contribution in [0.4, 0.5) is 10.1 Å². The lowest BCUT2D eigenvalue weighted by Crippen LogP contribution is -2.54. The number of aryl methyl sites for hydroxylation is 2. The van der Waals surface area contributed by atoms with Gasteiger partial charge in [-0.1, -0.05) is 17.7 Å². The average molecular weight is 482 g/mol. The van der Waals surface area contributed by atoms with Crippen molar-refractivity contribution in [1.82, 2.24) is 4.72 Å². The minimum atomic E-state index is -1.64. The third-order valence-corrected chi connectivity index (χ3v) is 7.66. The van der Waals surface area contributed by atoms with E-state index in [1.807, 2.05) is 19.1 Å². The molecule has 5 nitrogen and oxygen atoms in total. The van der Waals surface area contributed by atoms with Crippen molar-refractivity contribution in [3.8, 4) is 6.07 Å². The summed E-state index contributed by atoms with van der Waals surface area (Å²) in [7, 11) is -1.64. The summed E-state index contributed by atoms with van der Waals surface area (Å²) in [5.74, 6) is -0.464. The molecule has 0 aliphatic heterocycles. The van der Waals surface area contributed by atoms with Gasteiger partial charge in [-0.2, -0.15) is 5.26 Å². The van der Waals surface area contributed by atoms with Crippen LogP contribution in [-0.2, 0) is 15.8 Å². The molecular formula is C25H24FN3O2S2.